The third-order valence-electron chi connectivity index (χ3n) is 10.9. The summed E-state index contributed by atoms with van der Waals surface area (Å²) in [5, 5.41) is 4.74. The summed E-state index contributed by atoms with van der Waals surface area (Å²) in [4.78, 5) is 43.0. The average Bonchev–Trinajstić information content (AvgIpc) is 3.57. The summed E-state index contributed by atoms with van der Waals surface area (Å²) in [6.07, 6.45) is 0.884. The van der Waals surface area contributed by atoms with Gasteiger partial charge in [-0.15, -0.1) is 0 Å². The second-order valence-electron chi connectivity index (χ2n) is 15.4. The number of likely N-dealkylation sites (tertiary alicyclic amines) is 1. The third kappa shape index (κ3) is 5.78. The molecule has 2 aliphatic heterocycles. The first kappa shape index (κ1) is 33.3. The SMILES string of the molecule is CC(C)(C)OC(=O)[C@@H]1CC=C(c2nn(C(=O)c3c(Cl)cccc3C3(C(F)(F)F)CC3)c3c2CC[C@@H](C(=O)N2CCC4(COC4)C2)C3)CC1. The van der Waals surface area contributed by atoms with Gasteiger partial charge in [0, 0.05) is 36.4 Å². The number of hydrogen-bond donors (Lipinski definition) is 0. The summed E-state index contributed by atoms with van der Waals surface area (Å²) in [6, 6.07) is 4.22. The van der Waals surface area contributed by atoms with Crippen LogP contribution in [0.4, 0.5) is 13.2 Å². The standard InChI is InChI=1S/C36H41ClF3N3O5/c1-33(2,3)48-32(46)22-9-7-21(8-10-22)29-24-12-11-23(30(44)42-16-15-34(18-42)19-47-20-34)17-27(24)43(41-29)31(45)28-25(5-4-6-26(28)37)35(13-14-35)36(38,39)40/h4-7,22-23H,8-20H2,1-3H3/t22-,23-/m1/s1. The lowest BCUT2D eigenvalue weighted by molar-refractivity contribution is -0.161. The van der Waals surface area contributed by atoms with Crippen molar-refractivity contribution >= 4 is 35.0 Å². The van der Waals surface area contributed by atoms with Gasteiger partial charge in [0.2, 0.25) is 5.91 Å². The molecule has 2 saturated heterocycles. The predicted octanol–water partition coefficient (Wildman–Crippen LogP) is 6.70. The van der Waals surface area contributed by atoms with Crippen molar-refractivity contribution in [2.75, 3.05) is 26.3 Å². The van der Waals surface area contributed by atoms with Crippen molar-refractivity contribution in [3.63, 3.8) is 0 Å². The van der Waals surface area contributed by atoms with Crippen LogP contribution in [-0.4, -0.2) is 70.5 Å². The monoisotopic (exact) mass is 687 g/mol. The number of amides is 1. The molecule has 0 unspecified atom stereocenters. The van der Waals surface area contributed by atoms with E-state index in [9.17, 15) is 27.6 Å². The van der Waals surface area contributed by atoms with E-state index >= 15 is 0 Å². The fourth-order valence-electron chi connectivity index (χ4n) is 7.98. The van der Waals surface area contributed by atoms with E-state index in [0.29, 0.717) is 69.8 Å². The summed E-state index contributed by atoms with van der Waals surface area (Å²) in [5.74, 6) is -1.66. The number of carbonyl (C=O) groups excluding carboxylic acids is 3. The molecule has 8 nitrogen and oxygen atoms in total. The Kier molecular flexibility index (Phi) is 8.13. The van der Waals surface area contributed by atoms with Crippen LogP contribution in [0.1, 0.15) is 98.6 Å². The number of fused-ring (bicyclic) bond motifs is 1. The number of rotatable bonds is 5. The molecule has 2 aromatic rings. The molecule has 3 fully saturated rings. The average molecular weight is 688 g/mol. The maximum absolute atomic E-state index is 14.5. The molecule has 0 radical (unpaired) electrons. The normalized spacial score (nSPS) is 24.5. The molecule has 258 valence electrons. The Bertz CT molecular complexity index is 1700. The number of halogens is 4. The van der Waals surface area contributed by atoms with Crippen LogP contribution in [0.15, 0.2) is 24.3 Å². The van der Waals surface area contributed by atoms with Gasteiger partial charge < -0.3 is 14.4 Å². The van der Waals surface area contributed by atoms with Crippen molar-refractivity contribution in [1.82, 2.24) is 14.7 Å². The van der Waals surface area contributed by atoms with Crippen molar-refractivity contribution in [3.05, 3.63) is 57.4 Å². The minimum absolute atomic E-state index is 0.0238. The van der Waals surface area contributed by atoms with Gasteiger partial charge in [-0.2, -0.15) is 23.0 Å². The zero-order valence-electron chi connectivity index (χ0n) is 27.6. The Morgan fingerprint density at radius 2 is 1.77 bits per heavy atom. The number of esters is 1. The molecule has 1 aromatic heterocycles. The van der Waals surface area contributed by atoms with Crippen LogP contribution in [-0.2, 0) is 37.3 Å². The highest BCUT2D eigenvalue weighted by atomic mass is 35.5. The summed E-state index contributed by atoms with van der Waals surface area (Å²) >= 11 is 6.54. The Labute approximate surface area is 283 Å². The molecule has 1 aromatic carbocycles. The van der Waals surface area contributed by atoms with Crippen LogP contribution in [0.2, 0.25) is 5.02 Å². The number of aromatic nitrogens is 2. The van der Waals surface area contributed by atoms with Crippen molar-refractivity contribution < 1.29 is 37.0 Å². The molecule has 3 aliphatic carbocycles. The minimum Gasteiger partial charge on any atom is -0.460 e. The van der Waals surface area contributed by atoms with Gasteiger partial charge in [0.15, 0.2) is 0 Å². The molecule has 1 spiro atoms. The van der Waals surface area contributed by atoms with Gasteiger partial charge >= 0.3 is 12.1 Å². The summed E-state index contributed by atoms with van der Waals surface area (Å²) in [7, 11) is 0. The Balaban J connectivity index is 1.24. The number of alkyl halides is 3. The zero-order valence-corrected chi connectivity index (χ0v) is 28.3. The molecule has 0 bridgehead atoms. The van der Waals surface area contributed by atoms with Gasteiger partial charge in [0.05, 0.1) is 46.5 Å². The molecule has 5 aliphatic rings. The lowest BCUT2D eigenvalue weighted by atomic mass is 9.82. The molecule has 0 N–H and O–H groups in total. The number of nitrogens with zero attached hydrogens (tertiary/aromatic N) is 3. The number of benzene rings is 1. The van der Waals surface area contributed by atoms with E-state index in [-0.39, 0.29) is 58.6 Å². The largest absolute Gasteiger partial charge is 0.460 e. The van der Waals surface area contributed by atoms with Gasteiger partial charge in [-0.3, -0.25) is 14.4 Å². The van der Waals surface area contributed by atoms with Crippen molar-refractivity contribution in [1.29, 1.82) is 0 Å². The molecular weight excluding hydrogens is 647 g/mol. The second kappa shape index (κ2) is 11.7. The van der Waals surface area contributed by atoms with Gasteiger partial charge in [0.1, 0.15) is 5.60 Å². The minimum atomic E-state index is -4.55. The molecule has 1 amide bonds. The molecule has 3 heterocycles. The number of ether oxygens (including phenoxy) is 2. The molecular formula is C36H41ClF3N3O5. The fraction of sp³-hybridized carbons (Fsp3) is 0.611. The van der Waals surface area contributed by atoms with Crippen LogP contribution in [0.5, 0.6) is 0 Å². The van der Waals surface area contributed by atoms with E-state index in [4.69, 9.17) is 26.2 Å². The Hall–Kier alpha value is -3.18. The highest BCUT2D eigenvalue weighted by Gasteiger charge is 2.65. The quantitative estimate of drug-likeness (QED) is 0.325. The Morgan fingerprint density at radius 1 is 1.04 bits per heavy atom. The van der Waals surface area contributed by atoms with Crippen LogP contribution >= 0.6 is 11.6 Å². The van der Waals surface area contributed by atoms with Crippen molar-refractivity contribution in [3.8, 4) is 0 Å². The first-order valence-electron chi connectivity index (χ1n) is 16.9. The van der Waals surface area contributed by atoms with Gasteiger partial charge in [0.25, 0.3) is 5.91 Å². The highest BCUT2D eigenvalue weighted by Crippen LogP contribution is 2.60. The molecule has 12 heteroatoms. The van der Waals surface area contributed by atoms with E-state index in [1.807, 2.05) is 31.7 Å². The van der Waals surface area contributed by atoms with Gasteiger partial charge in [-0.25, -0.2) is 0 Å². The van der Waals surface area contributed by atoms with E-state index in [1.54, 1.807) is 0 Å². The Morgan fingerprint density at radius 3 is 2.35 bits per heavy atom. The lowest BCUT2D eigenvalue weighted by Gasteiger charge is -2.38. The highest BCUT2D eigenvalue weighted by molar-refractivity contribution is 6.34. The molecule has 1 saturated carbocycles. The number of allylic oxidation sites excluding steroid dienone is 2. The van der Waals surface area contributed by atoms with Crippen LogP contribution in [0.3, 0.4) is 0 Å². The van der Waals surface area contributed by atoms with Crippen molar-refractivity contribution in [2.24, 2.45) is 17.3 Å². The topological polar surface area (TPSA) is 90.7 Å². The van der Waals surface area contributed by atoms with Crippen LogP contribution in [0.25, 0.3) is 5.57 Å². The van der Waals surface area contributed by atoms with E-state index in [2.05, 4.69) is 0 Å². The summed E-state index contributed by atoms with van der Waals surface area (Å²) < 4.78 is 55.3. The maximum atomic E-state index is 14.5. The molecule has 7 rings (SSSR count). The second-order valence-corrected chi connectivity index (χ2v) is 15.8. The smallest absolute Gasteiger partial charge is 0.398 e. The van der Waals surface area contributed by atoms with Crippen LogP contribution < -0.4 is 0 Å². The first-order valence-corrected chi connectivity index (χ1v) is 17.3. The third-order valence-corrected chi connectivity index (χ3v) is 11.2. The van der Waals surface area contributed by atoms with Gasteiger partial charge in [-0.05, 0) is 89.3 Å². The molecule has 2 atom stereocenters. The van der Waals surface area contributed by atoms with Gasteiger partial charge in [-0.1, -0.05) is 29.8 Å². The van der Waals surface area contributed by atoms with E-state index < -0.39 is 29.0 Å². The zero-order chi connectivity index (χ0) is 34.2. The van der Waals surface area contributed by atoms with Crippen molar-refractivity contribution in [2.45, 2.75) is 95.8 Å². The fourth-order valence-corrected chi connectivity index (χ4v) is 8.24. The number of hydrogen-bond acceptors (Lipinski definition) is 6. The molecule has 48 heavy (non-hydrogen) atoms. The maximum Gasteiger partial charge on any atom is 0.398 e. The van der Waals surface area contributed by atoms with Crippen LogP contribution in [0, 0.1) is 17.3 Å². The summed E-state index contributed by atoms with van der Waals surface area (Å²) in [5.41, 5.74) is -0.191. The van der Waals surface area contributed by atoms with E-state index in [1.165, 1.54) is 22.9 Å². The number of carbonyl (C=O) groups is 3. The van der Waals surface area contributed by atoms with E-state index in [0.717, 1.165) is 17.6 Å². The predicted molar refractivity (Wildman–Crippen MR) is 172 cm³/mol. The first-order chi connectivity index (χ1) is 22.6. The lowest BCUT2D eigenvalue weighted by Crippen LogP contribution is -2.46. The summed E-state index contributed by atoms with van der Waals surface area (Å²) in [6.45, 7) is 8.10.